The quantitative estimate of drug-likeness (QED) is 0.689. The Morgan fingerprint density at radius 1 is 1.29 bits per heavy atom. The summed E-state index contributed by atoms with van der Waals surface area (Å²) in [4.78, 5) is 14.5. The highest BCUT2D eigenvalue weighted by Crippen LogP contribution is 2.15. The second-order valence-electron chi connectivity index (χ2n) is 3.63. The summed E-state index contributed by atoms with van der Waals surface area (Å²) >= 11 is 0. The van der Waals surface area contributed by atoms with Gasteiger partial charge in [0.25, 0.3) is 5.95 Å². The van der Waals surface area contributed by atoms with E-state index in [0.717, 1.165) is 18.2 Å². The van der Waals surface area contributed by atoms with E-state index in [4.69, 9.17) is 4.74 Å². The molecule has 2 N–H and O–H groups in total. The summed E-state index contributed by atoms with van der Waals surface area (Å²) in [6.07, 6.45) is 0. The van der Waals surface area contributed by atoms with Gasteiger partial charge in [0.05, 0.1) is 13.2 Å². The molecule has 1 aromatic heterocycles. The van der Waals surface area contributed by atoms with E-state index in [-0.39, 0.29) is 5.95 Å². The first-order valence-corrected chi connectivity index (χ1v) is 5.40. The van der Waals surface area contributed by atoms with Crippen molar-refractivity contribution in [3.05, 3.63) is 0 Å². The van der Waals surface area contributed by atoms with Crippen molar-refractivity contribution in [1.82, 2.24) is 15.0 Å². The fraction of sp³-hybridized carbons (Fsp3) is 0.667. The molecule has 0 atom stereocenters. The van der Waals surface area contributed by atoms with E-state index in [1.165, 1.54) is 7.05 Å². The van der Waals surface area contributed by atoms with Crippen molar-refractivity contribution in [2.45, 2.75) is 0 Å². The maximum Gasteiger partial charge on any atom is 0.255 e. The SMILES string of the molecule is CNc1nc(N(C)O)nc(N2CCOCC2)n1. The highest BCUT2D eigenvalue weighted by Gasteiger charge is 2.17. The average Bonchev–Trinajstić information content (AvgIpc) is 2.39. The summed E-state index contributed by atoms with van der Waals surface area (Å²) in [6.45, 7) is 2.79. The van der Waals surface area contributed by atoms with Crippen LogP contribution < -0.4 is 15.3 Å². The van der Waals surface area contributed by atoms with E-state index in [2.05, 4.69) is 20.3 Å². The van der Waals surface area contributed by atoms with Gasteiger partial charge in [-0.15, -0.1) is 0 Å². The van der Waals surface area contributed by atoms with Crippen molar-refractivity contribution >= 4 is 17.8 Å². The maximum absolute atomic E-state index is 9.38. The van der Waals surface area contributed by atoms with E-state index in [9.17, 15) is 5.21 Å². The lowest BCUT2D eigenvalue weighted by molar-refractivity contribution is 0.122. The third kappa shape index (κ3) is 2.71. The molecule has 17 heavy (non-hydrogen) atoms. The number of anilines is 3. The van der Waals surface area contributed by atoms with Crippen molar-refractivity contribution in [2.75, 3.05) is 55.7 Å². The molecule has 0 unspecified atom stereocenters. The Labute approximate surface area is 99.2 Å². The van der Waals surface area contributed by atoms with Crippen LogP contribution in [0.1, 0.15) is 0 Å². The Balaban J connectivity index is 2.28. The van der Waals surface area contributed by atoms with Crippen LogP contribution in [0.3, 0.4) is 0 Å². The standard InChI is InChI=1S/C9H16N6O2/c1-10-7-11-8(14(2)16)13-9(12-7)15-3-5-17-6-4-15/h16H,3-6H2,1-2H3,(H,10,11,12,13). The largest absolute Gasteiger partial charge is 0.378 e. The van der Waals surface area contributed by atoms with Crippen LogP contribution in [0.15, 0.2) is 0 Å². The molecule has 0 spiro atoms. The predicted molar refractivity (Wildman–Crippen MR) is 62.6 cm³/mol. The minimum absolute atomic E-state index is 0.214. The predicted octanol–water partition coefficient (Wildman–Crippen LogP) is -0.425. The van der Waals surface area contributed by atoms with Gasteiger partial charge >= 0.3 is 0 Å². The number of ether oxygens (including phenoxy) is 1. The number of aromatic nitrogens is 3. The van der Waals surface area contributed by atoms with Crippen LogP contribution in [0.2, 0.25) is 0 Å². The van der Waals surface area contributed by atoms with Crippen molar-refractivity contribution < 1.29 is 9.94 Å². The summed E-state index contributed by atoms with van der Waals surface area (Å²) in [5, 5.41) is 13.1. The van der Waals surface area contributed by atoms with Crippen LogP contribution in [-0.2, 0) is 4.74 Å². The molecule has 94 valence electrons. The summed E-state index contributed by atoms with van der Waals surface area (Å²) in [5.74, 6) is 1.19. The van der Waals surface area contributed by atoms with Gasteiger partial charge in [0, 0.05) is 27.2 Å². The monoisotopic (exact) mass is 240 g/mol. The zero-order valence-corrected chi connectivity index (χ0v) is 9.92. The highest BCUT2D eigenvalue weighted by atomic mass is 16.5. The number of hydrogen-bond donors (Lipinski definition) is 2. The molecule has 8 heteroatoms. The Morgan fingerprint density at radius 2 is 2.00 bits per heavy atom. The van der Waals surface area contributed by atoms with Gasteiger partial charge in [-0.2, -0.15) is 15.0 Å². The van der Waals surface area contributed by atoms with Crippen LogP contribution in [0.5, 0.6) is 0 Å². The fourth-order valence-corrected chi connectivity index (χ4v) is 1.52. The number of nitrogens with one attached hydrogen (secondary N) is 1. The van der Waals surface area contributed by atoms with Crippen molar-refractivity contribution in [1.29, 1.82) is 0 Å². The molecule has 8 nitrogen and oxygen atoms in total. The molecule has 0 amide bonds. The first-order chi connectivity index (χ1) is 8.20. The van der Waals surface area contributed by atoms with Crippen molar-refractivity contribution in [3.63, 3.8) is 0 Å². The molecule has 0 radical (unpaired) electrons. The lowest BCUT2D eigenvalue weighted by Gasteiger charge is -2.27. The molecule has 2 heterocycles. The highest BCUT2D eigenvalue weighted by molar-refractivity contribution is 5.43. The van der Waals surface area contributed by atoms with Crippen molar-refractivity contribution in [3.8, 4) is 0 Å². The first-order valence-electron chi connectivity index (χ1n) is 5.40. The smallest absolute Gasteiger partial charge is 0.255 e. The van der Waals surface area contributed by atoms with Gasteiger partial charge < -0.3 is 15.0 Å². The minimum Gasteiger partial charge on any atom is -0.378 e. The molecule has 1 aromatic rings. The summed E-state index contributed by atoms with van der Waals surface area (Å²) in [5.41, 5.74) is 0. The Kier molecular flexibility index (Phi) is 3.55. The molecule has 0 aliphatic carbocycles. The van der Waals surface area contributed by atoms with Crippen LogP contribution in [0.25, 0.3) is 0 Å². The summed E-state index contributed by atoms with van der Waals surface area (Å²) in [6, 6.07) is 0. The van der Waals surface area contributed by atoms with E-state index in [1.807, 2.05) is 4.90 Å². The third-order valence-corrected chi connectivity index (χ3v) is 2.42. The molecule has 0 saturated carbocycles. The summed E-state index contributed by atoms with van der Waals surface area (Å²) in [7, 11) is 3.19. The number of rotatable bonds is 3. The molecular formula is C9H16N6O2. The molecule has 1 saturated heterocycles. The van der Waals surface area contributed by atoms with E-state index >= 15 is 0 Å². The molecular weight excluding hydrogens is 224 g/mol. The summed E-state index contributed by atoms with van der Waals surface area (Å²) < 4.78 is 5.27. The Morgan fingerprint density at radius 3 is 2.59 bits per heavy atom. The number of hydrogen-bond acceptors (Lipinski definition) is 8. The zero-order chi connectivity index (χ0) is 12.3. The lowest BCUT2D eigenvalue weighted by atomic mass is 10.4. The molecule has 1 fully saturated rings. The van der Waals surface area contributed by atoms with E-state index in [1.54, 1.807) is 7.05 Å². The minimum atomic E-state index is 0.214. The van der Waals surface area contributed by atoms with Gasteiger partial charge in [-0.3, -0.25) is 5.21 Å². The van der Waals surface area contributed by atoms with Gasteiger partial charge in [-0.25, -0.2) is 5.06 Å². The van der Waals surface area contributed by atoms with Crippen molar-refractivity contribution in [2.24, 2.45) is 0 Å². The first kappa shape index (κ1) is 11.8. The molecule has 0 bridgehead atoms. The van der Waals surface area contributed by atoms with Gasteiger partial charge in [0.1, 0.15) is 0 Å². The third-order valence-electron chi connectivity index (χ3n) is 2.42. The van der Waals surface area contributed by atoms with Crippen LogP contribution in [0.4, 0.5) is 17.8 Å². The van der Waals surface area contributed by atoms with Gasteiger partial charge in [-0.05, 0) is 0 Å². The molecule has 1 aliphatic heterocycles. The fourth-order valence-electron chi connectivity index (χ4n) is 1.52. The lowest BCUT2D eigenvalue weighted by Crippen LogP contribution is -2.37. The average molecular weight is 240 g/mol. The van der Waals surface area contributed by atoms with E-state index < -0.39 is 0 Å². The normalized spacial score (nSPS) is 15.8. The van der Waals surface area contributed by atoms with E-state index in [0.29, 0.717) is 25.1 Å². The van der Waals surface area contributed by atoms with Gasteiger partial charge in [-0.1, -0.05) is 0 Å². The number of nitrogens with zero attached hydrogens (tertiary/aromatic N) is 5. The number of morpholine rings is 1. The maximum atomic E-state index is 9.38. The topological polar surface area (TPSA) is 86.6 Å². The molecule has 0 aromatic carbocycles. The number of hydroxylamine groups is 1. The Bertz CT molecular complexity index is 380. The second kappa shape index (κ2) is 5.11. The zero-order valence-electron chi connectivity index (χ0n) is 9.92. The molecule has 2 rings (SSSR count). The Hall–Kier alpha value is -1.67. The van der Waals surface area contributed by atoms with Gasteiger partial charge in [0.2, 0.25) is 11.9 Å². The van der Waals surface area contributed by atoms with Gasteiger partial charge in [0.15, 0.2) is 0 Å². The van der Waals surface area contributed by atoms with Crippen LogP contribution in [-0.4, -0.2) is 60.6 Å². The molecule has 1 aliphatic rings. The van der Waals surface area contributed by atoms with Crippen LogP contribution >= 0.6 is 0 Å². The van der Waals surface area contributed by atoms with Crippen LogP contribution in [0, 0.1) is 0 Å². The second-order valence-corrected chi connectivity index (χ2v) is 3.63.